The summed E-state index contributed by atoms with van der Waals surface area (Å²) in [5.41, 5.74) is 0. The molecule has 0 saturated carbocycles. The molecule has 2 N–H and O–H groups in total. The van der Waals surface area contributed by atoms with Crippen LogP contribution in [0.4, 0.5) is 0 Å². The maximum atomic E-state index is 11.0. The van der Waals surface area contributed by atoms with Crippen molar-refractivity contribution in [3.05, 3.63) is 0 Å². The predicted octanol–water partition coefficient (Wildman–Crippen LogP) is 0.954. The summed E-state index contributed by atoms with van der Waals surface area (Å²) in [6.45, 7) is 0.972. The van der Waals surface area contributed by atoms with Gasteiger partial charge >= 0.3 is 8.25 Å². The standard InChI is InChI=1S/C8H19O5P/c9-5-1-3-7-12-14(11)13-8-4-2-6-10/h9-10,14H,1-8H2. The molecular weight excluding hydrogens is 207 g/mol. The number of rotatable bonds is 10. The first-order valence-corrected chi connectivity index (χ1v) is 6.05. The van der Waals surface area contributed by atoms with Crippen LogP contribution in [-0.4, -0.2) is 36.6 Å². The lowest BCUT2D eigenvalue weighted by Gasteiger charge is -2.04. The molecule has 0 atom stereocenters. The van der Waals surface area contributed by atoms with Gasteiger partial charge in [0.15, 0.2) is 0 Å². The summed E-state index contributed by atoms with van der Waals surface area (Å²) in [6.07, 6.45) is 2.68. The van der Waals surface area contributed by atoms with Gasteiger partial charge in [-0.15, -0.1) is 0 Å². The molecule has 86 valence electrons. The number of aliphatic hydroxyl groups is 2. The Morgan fingerprint density at radius 1 is 0.857 bits per heavy atom. The highest BCUT2D eigenvalue weighted by atomic mass is 31.1. The van der Waals surface area contributed by atoms with Gasteiger partial charge in [-0.2, -0.15) is 0 Å². The summed E-state index contributed by atoms with van der Waals surface area (Å²) < 4.78 is 20.7. The van der Waals surface area contributed by atoms with Gasteiger partial charge in [-0.1, -0.05) is 0 Å². The van der Waals surface area contributed by atoms with E-state index >= 15 is 0 Å². The van der Waals surface area contributed by atoms with Crippen LogP contribution in [0.5, 0.6) is 0 Å². The second-order valence-corrected chi connectivity index (χ2v) is 3.89. The Morgan fingerprint density at radius 3 is 1.64 bits per heavy atom. The molecule has 0 saturated heterocycles. The van der Waals surface area contributed by atoms with E-state index in [0.717, 1.165) is 0 Å². The number of hydrogen-bond donors (Lipinski definition) is 2. The lowest BCUT2D eigenvalue weighted by atomic mass is 10.3. The highest BCUT2D eigenvalue weighted by Crippen LogP contribution is 2.24. The smallest absolute Gasteiger partial charge is 0.319 e. The Bertz CT molecular complexity index is 128. The topological polar surface area (TPSA) is 76.0 Å². The van der Waals surface area contributed by atoms with Crippen LogP contribution < -0.4 is 0 Å². The van der Waals surface area contributed by atoms with Crippen LogP contribution in [0.3, 0.4) is 0 Å². The van der Waals surface area contributed by atoms with E-state index in [1.807, 2.05) is 0 Å². The van der Waals surface area contributed by atoms with E-state index in [-0.39, 0.29) is 13.2 Å². The zero-order valence-electron chi connectivity index (χ0n) is 8.28. The lowest BCUT2D eigenvalue weighted by Crippen LogP contribution is -1.94. The van der Waals surface area contributed by atoms with Gasteiger partial charge in [0.2, 0.25) is 0 Å². The van der Waals surface area contributed by atoms with E-state index in [1.54, 1.807) is 0 Å². The van der Waals surface area contributed by atoms with E-state index in [4.69, 9.17) is 19.3 Å². The molecule has 6 heteroatoms. The minimum absolute atomic E-state index is 0.127. The monoisotopic (exact) mass is 226 g/mol. The van der Waals surface area contributed by atoms with Gasteiger partial charge in [-0.3, -0.25) is 4.57 Å². The molecule has 0 rings (SSSR count). The SMILES string of the molecule is O=[PH](OCCCCO)OCCCCO. The van der Waals surface area contributed by atoms with Crippen molar-refractivity contribution in [3.63, 3.8) is 0 Å². The molecule has 0 heterocycles. The first kappa shape index (κ1) is 14.1. The lowest BCUT2D eigenvalue weighted by molar-refractivity contribution is 0.203. The molecule has 0 aliphatic rings. The van der Waals surface area contributed by atoms with Crippen LogP contribution in [0.2, 0.25) is 0 Å². The zero-order valence-corrected chi connectivity index (χ0v) is 9.28. The normalized spacial score (nSPS) is 11.1. The van der Waals surface area contributed by atoms with Crippen molar-refractivity contribution in [2.75, 3.05) is 26.4 Å². The van der Waals surface area contributed by atoms with Crippen LogP contribution in [0.15, 0.2) is 0 Å². The molecular formula is C8H19O5P. The predicted molar refractivity (Wildman–Crippen MR) is 53.5 cm³/mol. The number of aliphatic hydroxyl groups excluding tert-OH is 2. The fourth-order valence-corrected chi connectivity index (χ4v) is 1.49. The third-order valence-electron chi connectivity index (χ3n) is 1.54. The minimum Gasteiger partial charge on any atom is -0.396 e. The third kappa shape index (κ3) is 10.2. The summed E-state index contributed by atoms with van der Waals surface area (Å²) in [5.74, 6) is 0. The van der Waals surface area contributed by atoms with Crippen LogP contribution in [-0.2, 0) is 13.6 Å². The highest BCUT2D eigenvalue weighted by Gasteiger charge is 1.98. The van der Waals surface area contributed by atoms with Crippen molar-refractivity contribution in [1.82, 2.24) is 0 Å². The molecule has 0 aliphatic heterocycles. The van der Waals surface area contributed by atoms with Crippen LogP contribution in [0.25, 0.3) is 0 Å². The molecule has 0 bridgehead atoms. The summed E-state index contributed by atoms with van der Waals surface area (Å²) in [5, 5.41) is 16.9. The first-order chi connectivity index (χ1) is 6.81. The van der Waals surface area contributed by atoms with E-state index in [2.05, 4.69) is 0 Å². The van der Waals surface area contributed by atoms with Crippen LogP contribution >= 0.6 is 8.25 Å². The molecule has 0 spiro atoms. The Hall–Kier alpha value is 0.0700. The number of hydrogen-bond acceptors (Lipinski definition) is 5. The van der Waals surface area contributed by atoms with Gasteiger partial charge in [-0.25, -0.2) is 0 Å². The van der Waals surface area contributed by atoms with Gasteiger partial charge in [-0.05, 0) is 25.7 Å². The maximum absolute atomic E-state index is 11.0. The second kappa shape index (κ2) is 11.1. The fourth-order valence-electron chi connectivity index (χ4n) is 0.780. The van der Waals surface area contributed by atoms with Crippen molar-refractivity contribution in [2.24, 2.45) is 0 Å². The number of unbranched alkanes of at least 4 members (excludes halogenated alkanes) is 2. The highest BCUT2D eigenvalue weighted by molar-refractivity contribution is 7.33. The zero-order chi connectivity index (χ0) is 10.6. The van der Waals surface area contributed by atoms with E-state index in [0.29, 0.717) is 38.9 Å². The Kier molecular flexibility index (Phi) is 11.2. The Labute approximate surface area is 85.0 Å². The maximum Gasteiger partial charge on any atom is 0.319 e. The van der Waals surface area contributed by atoms with Gasteiger partial charge in [0.1, 0.15) is 0 Å². The quantitative estimate of drug-likeness (QED) is 0.428. The van der Waals surface area contributed by atoms with Gasteiger partial charge < -0.3 is 19.3 Å². The van der Waals surface area contributed by atoms with E-state index < -0.39 is 8.25 Å². The van der Waals surface area contributed by atoms with Crippen molar-refractivity contribution < 1.29 is 23.8 Å². The average Bonchev–Trinajstić information content (AvgIpc) is 2.19. The molecule has 0 aromatic rings. The Morgan fingerprint density at radius 2 is 1.29 bits per heavy atom. The molecule has 5 nitrogen and oxygen atoms in total. The Balaban J connectivity index is 3.11. The third-order valence-corrected chi connectivity index (χ3v) is 2.42. The summed E-state index contributed by atoms with van der Waals surface area (Å²) >= 11 is 0. The van der Waals surface area contributed by atoms with E-state index in [9.17, 15) is 4.57 Å². The minimum atomic E-state index is -2.36. The average molecular weight is 226 g/mol. The molecule has 0 fully saturated rings. The summed E-state index contributed by atoms with van der Waals surface area (Å²) in [6, 6.07) is 0. The van der Waals surface area contributed by atoms with Gasteiger partial charge in [0.25, 0.3) is 0 Å². The summed E-state index contributed by atoms with van der Waals surface area (Å²) in [4.78, 5) is 0. The fraction of sp³-hybridized carbons (Fsp3) is 1.00. The first-order valence-electron chi connectivity index (χ1n) is 4.82. The molecule has 14 heavy (non-hydrogen) atoms. The molecule has 0 radical (unpaired) electrons. The summed E-state index contributed by atoms with van der Waals surface area (Å²) in [7, 11) is -2.36. The molecule has 0 aromatic heterocycles. The molecule has 0 amide bonds. The van der Waals surface area contributed by atoms with Crippen LogP contribution in [0, 0.1) is 0 Å². The molecule has 0 aliphatic carbocycles. The molecule has 0 unspecified atom stereocenters. The molecule has 0 aromatic carbocycles. The van der Waals surface area contributed by atoms with Crippen molar-refractivity contribution in [1.29, 1.82) is 0 Å². The van der Waals surface area contributed by atoms with E-state index in [1.165, 1.54) is 0 Å². The van der Waals surface area contributed by atoms with Crippen LogP contribution in [0.1, 0.15) is 25.7 Å². The largest absolute Gasteiger partial charge is 0.396 e. The second-order valence-electron chi connectivity index (χ2n) is 2.81. The van der Waals surface area contributed by atoms with Gasteiger partial charge in [0, 0.05) is 13.2 Å². The van der Waals surface area contributed by atoms with Crippen molar-refractivity contribution in [3.8, 4) is 0 Å². The van der Waals surface area contributed by atoms with Crippen molar-refractivity contribution >= 4 is 8.25 Å². The van der Waals surface area contributed by atoms with Crippen molar-refractivity contribution in [2.45, 2.75) is 25.7 Å². The van der Waals surface area contributed by atoms with Gasteiger partial charge in [0.05, 0.1) is 13.2 Å².